The fourth-order valence-electron chi connectivity index (χ4n) is 3.52. The van der Waals surface area contributed by atoms with Crippen molar-refractivity contribution < 1.29 is 19.7 Å². The number of carboxylic acid groups (broad SMARTS) is 1. The smallest absolute Gasteiger partial charge is 0.336 e. The molecule has 6 nitrogen and oxygen atoms in total. The van der Waals surface area contributed by atoms with E-state index in [0.29, 0.717) is 33.0 Å². The van der Waals surface area contributed by atoms with E-state index in [4.69, 9.17) is 4.74 Å². The number of carboxylic acids is 1. The first-order valence-corrected chi connectivity index (χ1v) is 10.0. The number of imidazole rings is 1. The summed E-state index contributed by atoms with van der Waals surface area (Å²) in [5, 5.41) is 20.5. The molecule has 0 spiro atoms. The van der Waals surface area contributed by atoms with Gasteiger partial charge in [-0.1, -0.05) is 48.5 Å². The van der Waals surface area contributed by atoms with Gasteiger partial charge in [-0.3, -0.25) is 4.40 Å². The summed E-state index contributed by atoms with van der Waals surface area (Å²) >= 11 is 3.51. The minimum Gasteiger partial charge on any atom is -0.479 e. The normalized spacial score (nSPS) is 12.1. The van der Waals surface area contributed by atoms with Gasteiger partial charge in [-0.15, -0.1) is 0 Å². The van der Waals surface area contributed by atoms with Crippen LogP contribution in [0.3, 0.4) is 0 Å². The lowest BCUT2D eigenvalue weighted by molar-refractivity contribution is 0.0697. The third kappa shape index (κ3) is 3.36. The van der Waals surface area contributed by atoms with Crippen molar-refractivity contribution in [2.75, 3.05) is 7.11 Å². The van der Waals surface area contributed by atoms with E-state index in [1.54, 1.807) is 43.5 Å². The first-order valence-electron chi connectivity index (χ1n) is 9.24. The van der Waals surface area contributed by atoms with E-state index in [9.17, 15) is 15.0 Å². The highest BCUT2D eigenvalue weighted by atomic mass is 79.9. The number of aromatic nitrogens is 2. The summed E-state index contributed by atoms with van der Waals surface area (Å²) in [4.78, 5) is 16.0. The van der Waals surface area contributed by atoms with Crippen LogP contribution in [0.15, 0.2) is 65.3 Å². The number of ether oxygens (including phenoxy) is 1. The fourth-order valence-corrected chi connectivity index (χ4v) is 4.14. The summed E-state index contributed by atoms with van der Waals surface area (Å²) in [6.45, 7) is 1.94. The molecule has 0 saturated carbocycles. The Balaban J connectivity index is 1.76. The number of pyridine rings is 1. The van der Waals surface area contributed by atoms with Crippen molar-refractivity contribution in [2.45, 2.75) is 13.0 Å². The van der Waals surface area contributed by atoms with Gasteiger partial charge in [0, 0.05) is 0 Å². The topological polar surface area (TPSA) is 84.1 Å². The zero-order valence-electron chi connectivity index (χ0n) is 16.3. The van der Waals surface area contributed by atoms with E-state index in [0.717, 1.165) is 11.1 Å². The summed E-state index contributed by atoms with van der Waals surface area (Å²) in [6, 6.07) is 17.8. The average Bonchev–Trinajstić information content (AvgIpc) is 3.11. The van der Waals surface area contributed by atoms with Crippen LogP contribution in [0.2, 0.25) is 0 Å². The van der Waals surface area contributed by atoms with E-state index >= 15 is 0 Å². The molecule has 0 saturated heterocycles. The third-order valence-electron chi connectivity index (χ3n) is 5.08. The SMILES string of the molecule is COc1nc2c(C)ccc([C@H](O)c3ccc(-c4ccccc4C(=O)O)cc3)n2c1Br. The number of aliphatic hydroxyl groups excluding tert-OH is 1. The highest BCUT2D eigenvalue weighted by Gasteiger charge is 2.21. The second-order valence-corrected chi connectivity index (χ2v) is 7.64. The van der Waals surface area contributed by atoms with Crippen molar-refractivity contribution in [3.63, 3.8) is 0 Å². The Morgan fingerprint density at radius 3 is 2.47 bits per heavy atom. The molecule has 2 aromatic heterocycles. The molecular formula is C23H19BrN2O4. The molecule has 0 aliphatic rings. The lowest BCUT2D eigenvalue weighted by Crippen LogP contribution is -2.07. The van der Waals surface area contributed by atoms with Gasteiger partial charge in [0.1, 0.15) is 11.8 Å². The Morgan fingerprint density at radius 1 is 1.10 bits per heavy atom. The largest absolute Gasteiger partial charge is 0.479 e. The molecule has 0 bridgehead atoms. The predicted octanol–water partition coefficient (Wildman–Crippen LogP) is 4.86. The Bertz CT molecular complexity index is 1250. The van der Waals surface area contributed by atoms with E-state index in [-0.39, 0.29) is 5.56 Å². The maximum absolute atomic E-state index is 11.5. The van der Waals surface area contributed by atoms with Gasteiger partial charge in [-0.2, -0.15) is 4.98 Å². The number of aliphatic hydroxyl groups is 1. The summed E-state index contributed by atoms with van der Waals surface area (Å²) in [7, 11) is 1.55. The molecule has 0 radical (unpaired) electrons. The quantitative estimate of drug-likeness (QED) is 0.438. The lowest BCUT2D eigenvalue weighted by Gasteiger charge is -2.16. The Hall–Kier alpha value is -3.16. The van der Waals surface area contributed by atoms with Crippen molar-refractivity contribution >= 4 is 27.5 Å². The Kier molecular flexibility index (Phi) is 5.32. The number of hydrogen-bond acceptors (Lipinski definition) is 4. The monoisotopic (exact) mass is 466 g/mol. The van der Waals surface area contributed by atoms with Crippen molar-refractivity contribution in [1.82, 2.24) is 9.38 Å². The number of halogens is 1. The van der Waals surface area contributed by atoms with Crippen LogP contribution in [-0.4, -0.2) is 32.7 Å². The molecule has 4 rings (SSSR count). The Morgan fingerprint density at radius 2 is 1.80 bits per heavy atom. The standard InChI is InChI=1S/C23H19BrN2O4/c1-13-7-12-18(26-20(24)22(30-2)25-21(13)26)19(27)15-10-8-14(9-11-15)16-5-3-4-6-17(16)23(28)29/h3-12,19,27H,1-2H3,(H,28,29)/t19-/m1/s1. The van der Waals surface area contributed by atoms with Gasteiger partial charge in [-0.25, -0.2) is 4.79 Å². The summed E-state index contributed by atoms with van der Waals surface area (Å²) < 4.78 is 7.77. The lowest BCUT2D eigenvalue weighted by atomic mass is 9.97. The van der Waals surface area contributed by atoms with Gasteiger partial charge in [0.2, 0.25) is 5.88 Å². The molecule has 1 atom stereocenters. The molecule has 30 heavy (non-hydrogen) atoms. The van der Waals surface area contributed by atoms with Gasteiger partial charge >= 0.3 is 5.97 Å². The molecule has 2 aromatic carbocycles. The van der Waals surface area contributed by atoms with Crippen LogP contribution < -0.4 is 4.74 Å². The molecule has 0 amide bonds. The minimum absolute atomic E-state index is 0.237. The molecule has 0 fully saturated rings. The van der Waals surface area contributed by atoms with Gasteiger partial charge < -0.3 is 14.9 Å². The van der Waals surface area contributed by atoms with Crippen molar-refractivity contribution in [2.24, 2.45) is 0 Å². The number of aryl methyl sites for hydroxylation is 1. The van der Waals surface area contributed by atoms with Crippen molar-refractivity contribution in [3.8, 4) is 17.0 Å². The summed E-state index contributed by atoms with van der Waals surface area (Å²) in [5.41, 5.74) is 4.60. The molecule has 7 heteroatoms. The first kappa shape index (κ1) is 20.1. The average molecular weight is 467 g/mol. The van der Waals surface area contributed by atoms with Gasteiger partial charge in [-0.05, 0) is 57.2 Å². The second-order valence-electron chi connectivity index (χ2n) is 6.89. The Labute approximate surface area is 181 Å². The number of aromatic carboxylic acids is 1. The maximum Gasteiger partial charge on any atom is 0.336 e. The molecule has 152 valence electrons. The number of hydrogen-bond donors (Lipinski definition) is 2. The van der Waals surface area contributed by atoms with E-state index < -0.39 is 12.1 Å². The molecule has 0 unspecified atom stereocenters. The highest BCUT2D eigenvalue weighted by molar-refractivity contribution is 9.10. The van der Waals surface area contributed by atoms with Crippen LogP contribution in [0.1, 0.15) is 33.3 Å². The van der Waals surface area contributed by atoms with E-state index in [2.05, 4.69) is 20.9 Å². The molecule has 0 aliphatic carbocycles. The van der Waals surface area contributed by atoms with E-state index in [1.807, 2.05) is 35.6 Å². The maximum atomic E-state index is 11.5. The molecule has 2 N–H and O–H groups in total. The molecule has 4 aromatic rings. The molecular weight excluding hydrogens is 448 g/mol. The minimum atomic E-state index is -0.976. The second kappa shape index (κ2) is 7.93. The van der Waals surface area contributed by atoms with Gasteiger partial charge in [0.05, 0.1) is 18.4 Å². The zero-order valence-corrected chi connectivity index (χ0v) is 17.9. The van der Waals surface area contributed by atoms with E-state index in [1.165, 1.54) is 0 Å². The van der Waals surface area contributed by atoms with Crippen LogP contribution in [-0.2, 0) is 0 Å². The summed E-state index contributed by atoms with van der Waals surface area (Å²) in [6.07, 6.45) is -0.910. The van der Waals surface area contributed by atoms with Crippen LogP contribution in [0.25, 0.3) is 16.8 Å². The number of rotatable bonds is 5. The molecule has 0 aliphatic heterocycles. The van der Waals surface area contributed by atoms with Gasteiger partial charge in [0.25, 0.3) is 0 Å². The first-order chi connectivity index (χ1) is 14.4. The third-order valence-corrected chi connectivity index (χ3v) is 5.77. The van der Waals surface area contributed by atoms with Crippen LogP contribution in [0, 0.1) is 6.92 Å². The van der Waals surface area contributed by atoms with Crippen molar-refractivity contribution in [1.29, 1.82) is 0 Å². The fraction of sp³-hybridized carbons (Fsp3) is 0.130. The van der Waals surface area contributed by atoms with Gasteiger partial charge in [0.15, 0.2) is 4.60 Å². The summed E-state index contributed by atoms with van der Waals surface area (Å²) in [5.74, 6) is -0.533. The predicted molar refractivity (Wildman–Crippen MR) is 117 cm³/mol. The van der Waals surface area contributed by atoms with Crippen LogP contribution in [0.5, 0.6) is 5.88 Å². The van der Waals surface area contributed by atoms with Crippen molar-refractivity contribution in [3.05, 3.63) is 87.7 Å². The number of methoxy groups -OCH3 is 1. The highest BCUT2D eigenvalue weighted by Crippen LogP contribution is 2.33. The zero-order chi connectivity index (χ0) is 21.4. The number of nitrogens with zero attached hydrogens (tertiary/aromatic N) is 2. The molecule has 2 heterocycles. The number of benzene rings is 2. The van der Waals surface area contributed by atoms with Crippen LogP contribution in [0.4, 0.5) is 0 Å². The number of carbonyl (C=O) groups is 1. The number of fused-ring (bicyclic) bond motifs is 1. The van der Waals surface area contributed by atoms with Crippen LogP contribution >= 0.6 is 15.9 Å².